The first-order chi connectivity index (χ1) is 16.5. The van der Waals surface area contributed by atoms with E-state index in [9.17, 15) is 23.1 Å². The fourth-order valence-corrected chi connectivity index (χ4v) is 3.83. The lowest BCUT2D eigenvalue weighted by Gasteiger charge is -2.35. The molecule has 4 rings (SSSR count). The van der Waals surface area contributed by atoms with Gasteiger partial charge in [-0.2, -0.15) is 4.98 Å². The van der Waals surface area contributed by atoms with Crippen LogP contribution < -0.4 is 10.2 Å². The summed E-state index contributed by atoms with van der Waals surface area (Å²) >= 11 is 0. The molecular weight excluding hydrogens is 465 g/mol. The maximum Gasteiger partial charge on any atom is 0.357 e. The number of carboxylic acid groups (broad SMARTS) is 1. The fraction of sp³-hybridized carbons (Fsp3) is 0.348. The highest BCUT2D eigenvalue weighted by Crippen LogP contribution is 2.31. The molecule has 0 saturated carbocycles. The van der Waals surface area contributed by atoms with Crippen LogP contribution in [0.2, 0.25) is 0 Å². The smallest absolute Gasteiger partial charge is 0.357 e. The Hall–Kier alpha value is -3.80. The zero-order chi connectivity index (χ0) is 25.3. The zero-order valence-corrected chi connectivity index (χ0v) is 19.2. The third kappa shape index (κ3) is 5.48. The van der Waals surface area contributed by atoms with Gasteiger partial charge >= 0.3 is 5.97 Å². The van der Waals surface area contributed by atoms with Gasteiger partial charge in [0, 0.05) is 31.1 Å². The molecule has 3 aromatic rings. The van der Waals surface area contributed by atoms with Gasteiger partial charge in [0.25, 0.3) is 5.92 Å². The topological polar surface area (TPSA) is 113 Å². The van der Waals surface area contributed by atoms with E-state index < -0.39 is 17.7 Å². The molecule has 1 aromatic carbocycles. The van der Waals surface area contributed by atoms with Crippen LogP contribution in [0.3, 0.4) is 0 Å². The van der Waals surface area contributed by atoms with Crippen molar-refractivity contribution in [1.82, 2.24) is 20.2 Å². The first-order valence-corrected chi connectivity index (χ1v) is 10.8. The van der Waals surface area contributed by atoms with Gasteiger partial charge in [-0.1, -0.05) is 24.3 Å². The molecule has 0 unspecified atom stereocenters. The number of anilines is 3. The summed E-state index contributed by atoms with van der Waals surface area (Å²) in [6.45, 7) is 5.66. The van der Waals surface area contributed by atoms with E-state index in [0.717, 1.165) is 13.1 Å². The van der Waals surface area contributed by atoms with Crippen LogP contribution in [-0.2, 0) is 10.7 Å². The lowest BCUT2D eigenvalue weighted by molar-refractivity contribution is -0.00573. The fourth-order valence-electron chi connectivity index (χ4n) is 3.83. The van der Waals surface area contributed by atoms with Crippen molar-refractivity contribution < 1.29 is 27.8 Å². The summed E-state index contributed by atoms with van der Waals surface area (Å²) in [5.74, 6) is -5.01. The second-order valence-electron chi connectivity index (χ2n) is 8.42. The minimum absolute atomic E-state index is 0.0159. The maximum absolute atomic E-state index is 14.5. The lowest BCUT2D eigenvalue weighted by Crippen LogP contribution is -2.46. The number of carbonyl (C=O) groups is 1. The second-order valence-corrected chi connectivity index (χ2v) is 8.42. The third-order valence-corrected chi connectivity index (χ3v) is 5.38. The predicted molar refractivity (Wildman–Crippen MR) is 121 cm³/mol. The molecule has 1 saturated heterocycles. The molecular formula is C23H23F3N6O3. The Morgan fingerprint density at radius 2 is 1.83 bits per heavy atom. The van der Waals surface area contributed by atoms with E-state index in [1.807, 2.05) is 18.7 Å². The van der Waals surface area contributed by atoms with Crippen molar-refractivity contribution in [3.05, 3.63) is 53.6 Å². The molecule has 3 heterocycles. The van der Waals surface area contributed by atoms with Gasteiger partial charge in [-0.3, -0.25) is 0 Å². The van der Waals surface area contributed by atoms with Gasteiger partial charge in [-0.25, -0.2) is 22.9 Å². The van der Waals surface area contributed by atoms with Crippen LogP contribution in [0.1, 0.15) is 36.8 Å². The van der Waals surface area contributed by atoms with Crippen LogP contribution in [-0.4, -0.2) is 56.5 Å². The summed E-state index contributed by atoms with van der Waals surface area (Å²) in [6.07, 6.45) is 0.915. The summed E-state index contributed by atoms with van der Waals surface area (Å²) in [6, 6.07) is 6.48. The molecule has 2 atom stereocenters. The van der Waals surface area contributed by atoms with E-state index in [-0.39, 0.29) is 40.7 Å². The standard InChI is InChI=1S/C23H23F3N6O3/c1-12-10-32(11-13(2)35-12)22-27-9-17(24)20(29-22)28-18-8-16(19(21(33)34)31-30-18)14-4-6-15(7-5-14)23(3,25)26/h4-9,12-13H,10-11H2,1-3H3,(H,33,34)(H,27,28,29,30)/t12-,13+. The van der Waals surface area contributed by atoms with Crippen molar-refractivity contribution in [3.63, 3.8) is 0 Å². The second kappa shape index (κ2) is 9.45. The normalized spacial score (nSPS) is 18.4. The molecule has 0 spiro atoms. The number of aromatic nitrogens is 4. The van der Waals surface area contributed by atoms with Crippen molar-refractivity contribution in [3.8, 4) is 11.1 Å². The molecule has 1 fully saturated rings. The van der Waals surface area contributed by atoms with E-state index >= 15 is 0 Å². The van der Waals surface area contributed by atoms with Gasteiger partial charge in [0.05, 0.1) is 18.4 Å². The first kappa shape index (κ1) is 24.3. The molecule has 2 N–H and O–H groups in total. The highest BCUT2D eigenvalue weighted by Gasteiger charge is 2.26. The number of morpholine rings is 1. The van der Waals surface area contributed by atoms with Crippen molar-refractivity contribution in [2.75, 3.05) is 23.3 Å². The number of ether oxygens (including phenoxy) is 1. The number of rotatable bonds is 6. The third-order valence-electron chi connectivity index (χ3n) is 5.38. The number of hydrogen-bond acceptors (Lipinski definition) is 8. The number of nitrogens with one attached hydrogen (secondary N) is 1. The Morgan fingerprint density at radius 3 is 2.43 bits per heavy atom. The van der Waals surface area contributed by atoms with Gasteiger partial charge < -0.3 is 20.1 Å². The van der Waals surface area contributed by atoms with E-state index in [1.165, 1.54) is 30.3 Å². The maximum atomic E-state index is 14.5. The number of aromatic carboxylic acids is 1. The Bertz CT molecular complexity index is 1230. The highest BCUT2D eigenvalue weighted by molar-refractivity contribution is 5.94. The number of carboxylic acids is 1. The summed E-state index contributed by atoms with van der Waals surface area (Å²) in [5, 5.41) is 19.8. The van der Waals surface area contributed by atoms with Crippen molar-refractivity contribution in [2.45, 2.75) is 38.9 Å². The minimum Gasteiger partial charge on any atom is -0.476 e. The summed E-state index contributed by atoms with van der Waals surface area (Å²) < 4.78 is 47.4. The van der Waals surface area contributed by atoms with Crippen LogP contribution >= 0.6 is 0 Å². The van der Waals surface area contributed by atoms with Crippen LogP contribution in [0.5, 0.6) is 0 Å². The van der Waals surface area contributed by atoms with Gasteiger partial charge in [0.1, 0.15) is 0 Å². The first-order valence-electron chi connectivity index (χ1n) is 10.8. The average molecular weight is 488 g/mol. The molecule has 184 valence electrons. The zero-order valence-electron chi connectivity index (χ0n) is 19.2. The molecule has 2 aromatic heterocycles. The van der Waals surface area contributed by atoms with Gasteiger partial charge in [0.15, 0.2) is 23.1 Å². The number of halogens is 3. The van der Waals surface area contributed by atoms with Gasteiger partial charge in [-0.15, -0.1) is 10.2 Å². The van der Waals surface area contributed by atoms with Crippen LogP contribution in [0.25, 0.3) is 11.1 Å². The molecule has 0 bridgehead atoms. The summed E-state index contributed by atoms with van der Waals surface area (Å²) in [7, 11) is 0. The van der Waals surface area contributed by atoms with E-state index in [4.69, 9.17) is 4.74 Å². The summed E-state index contributed by atoms with van der Waals surface area (Å²) in [4.78, 5) is 21.9. The molecule has 1 aliphatic heterocycles. The van der Waals surface area contributed by atoms with E-state index in [1.54, 1.807) is 0 Å². The quantitative estimate of drug-likeness (QED) is 0.526. The van der Waals surface area contributed by atoms with Crippen molar-refractivity contribution >= 4 is 23.6 Å². The number of alkyl halides is 2. The highest BCUT2D eigenvalue weighted by atomic mass is 19.3. The molecule has 0 aliphatic carbocycles. The number of hydrogen-bond donors (Lipinski definition) is 2. The van der Waals surface area contributed by atoms with Crippen LogP contribution in [0.15, 0.2) is 36.5 Å². The molecule has 9 nitrogen and oxygen atoms in total. The Morgan fingerprint density at radius 1 is 1.17 bits per heavy atom. The van der Waals surface area contributed by atoms with Gasteiger partial charge in [-0.05, 0) is 25.5 Å². The Kier molecular flexibility index (Phi) is 6.57. The average Bonchev–Trinajstić information content (AvgIpc) is 2.79. The SMILES string of the molecule is C[C@@H]1CN(c2ncc(F)c(Nc3cc(-c4ccc(C(C)(F)F)cc4)c(C(=O)O)nn3)n2)C[C@H](C)O1. The Balaban J connectivity index is 1.66. The molecule has 0 amide bonds. The lowest BCUT2D eigenvalue weighted by atomic mass is 10.0. The van der Waals surface area contributed by atoms with E-state index in [0.29, 0.717) is 24.6 Å². The molecule has 1 aliphatic rings. The van der Waals surface area contributed by atoms with Crippen LogP contribution in [0.4, 0.5) is 30.8 Å². The predicted octanol–water partition coefficient (Wildman–Crippen LogP) is 4.24. The minimum atomic E-state index is -3.05. The van der Waals surface area contributed by atoms with E-state index in [2.05, 4.69) is 25.5 Å². The largest absolute Gasteiger partial charge is 0.476 e. The Labute approximate surface area is 199 Å². The molecule has 35 heavy (non-hydrogen) atoms. The van der Waals surface area contributed by atoms with Gasteiger partial charge in [0.2, 0.25) is 5.95 Å². The van der Waals surface area contributed by atoms with Crippen molar-refractivity contribution in [1.29, 1.82) is 0 Å². The molecule has 0 radical (unpaired) electrons. The number of benzene rings is 1. The van der Waals surface area contributed by atoms with Crippen molar-refractivity contribution in [2.24, 2.45) is 0 Å². The number of nitrogens with zero attached hydrogens (tertiary/aromatic N) is 5. The molecule has 12 heteroatoms. The monoisotopic (exact) mass is 488 g/mol. The van der Waals surface area contributed by atoms with Crippen LogP contribution in [0, 0.1) is 5.82 Å². The summed E-state index contributed by atoms with van der Waals surface area (Å²) in [5.41, 5.74) is -0.160.